The Morgan fingerprint density at radius 3 is 2.64 bits per heavy atom. The number of carboxylic acid groups (broad SMARTS) is 1. The SMILES string of the molecule is O=C(O)c1cc(CBr)ccc1[N+](=O)[O-]. The van der Waals surface area contributed by atoms with E-state index in [9.17, 15) is 14.9 Å². The highest BCUT2D eigenvalue weighted by Gasteiger charge is 2.19. The van der Waals surface area contributed by atoms with Crippen molar-refractivity contribution in [2.24, 2.45) is 0 Å². The first-order valence-corrected chi connectivity index (χ1v) is 4.75. The third-order valence-corrected chi connectivity index (χ3v) is 2.29. The normalized spacial score (nSPS) is 9.79. The van der Waals surface area contributed by atoms with E-state index in [1.165, 1.54) is 18.2 Å². The van der Waals surface area contributed by atoms with Gasteiger partial charge in [0.2, 0.25) is 0 Å². The standard InChI is InChI=1S/C8H6BrNO4/c9-4-5-1-2-7(10(13)14)6(3-5)8(11)12/h1-3H,4H2,(H,11,12). The minimum atomic E-state index is -1.29. The Bertz CT molecular complexity index is 391. The first-order valence-electron chi connectivity index (χ1n) is 3.63. The number of hydrogen-bond donors (Lipinski definition) is 1. The number of nitrogens with zero attached hydrogens (tertiary/aromatic N) is 1. The quantitative estimate of drug-likeness (QED) is 0.513. The summed E-state index contributed by atoms with van der Waals surface area (Å²) in [5.41, 5.74) is 0.0159. The minimum absolute atomic E-state index is 0.285. The summed E-state index contributed by atoms with van der Waals surface area (Å²) in [4.78, 5) is 20.4. The maximum absolute atomic E-state index is 10.7. The molecule has 0 radical (unpaired) electrons. The second kappa shape index (κ2) is 4.19. The fourth-order valence-electron chi connectivity index (χ4n) is 0.997. The summed E-state index contributed by atoms with van der Waals surface area (Å²) in [6.07, 6.45) is 0. The first kappa shape index (κ1) is 10.6. The molecule has 0 aliphatic carbocycles. The minimum Gasteiger partial charge on any atom is -0.477 e. The van der Waals surface area contributed by atoms with E-state index < -0.39 is 10.9 Å². The predicted octanol–water partition coefficient (Wildman–Crippen LogP) is 2.19. The van der Waals surface area contributed by atoms with Crippen molar-refractivity contribution in [2.75, 3.05) is 0 Å². The molecule has 1 aromatic carbocycles. The number of benzene rings is 1. The highest BCUT2D eigenvalue weighted by Crippen LogP contribution is 2.21. The molecule has 0 saturated heterocycles. The number of carboxylic acids is 1. The summed E-state index contributed by atoms with van der Waals surface area (Å²) < 4.78 is 0. The Morgan fingerprint density at radius 1 is 1.57 bits per heavy atom. The van der Waals surface area contributed by atoms with Gasteiger partial charge in [0.1, 0.15) is 5.56 Å². The van der Waals surface area contributed by atoms with Gasteiger partial charge in [-0.15, -0.1) is 0 Å². The van der Waals surface area contributed by atoms with Crippen molar-refractivity contribution in [1.29, 1.82) is 0 Å². The lowest BCUT2D eigenvalue weighted by atomic mass is 10.1. The highest BCUT2D eigenvalue weighted by atomic mass is 79.9. The van der Waals surface area contributed by atoms with Crippen LogP contribution in [0.3, 0.4) is 0 Å². The van der Waals surface area contributed by atoms with Crippen LogP contribution >= 0.6 is 15.9 Å². The molecule has 5 nitrogen and oxygen atoms in total. The summed E-state index contributed by atoms with van der Waals surface area (Å²) in [6, 6.07) is 3.99. The molecular formula is C8H6BrNO4. The van der Waals surface area contributed by atoms with Gasteiger partial charge in [-0.05, 0) is 11.6 Å². The Balaban J connectivity index is 3.31. The third kappa shape index (κ3) is 2.08. The van der Waals surface area contributed by atoms with Crippen molar-refractivity contribution in [3.8, 4) is 0 Å². The lowest BCUT2D eigenvalue weighted by molar-refractivity contribution is -0.385. The fraction of sp³-hybridized carbons (Fsp3) is 0.125. The number of carbonyl (C=O) groups is 1. The maximum atomic E-state index is 10.7. The van der Waals surface area contributed by atoms with Gasteiger partial charge in [0.25, 0.3) is 5.69 Å². The molecule has 1 N–H and O–H groups in total. The number of nitro groups is 1. The van der Waals surface area contributed by atoms with Gasteiger partial charge in [-0.2, -0.15) is 0 Å². The van der Waals surface area contributed by atoms with E-state index in [0.29, 0.717) is 10.9 Å². The molecule has 0 aliphatic rings. The number of alkyl halides is 1. The van der Waals surface area contributed by atoms with Crippen molar-refractivity contribution in [1.82, 2.24) is 0 Å². The molecule has 14 heavy (non-hydrogen) atoms. The van der Waals surface area contributed by atoms with Crippen LogP contribution < -0.4 is 0 Å². The zero-order valence-electron chi connectivity index (χ0n) is 6.94. The van der Waals surface area contributed by atoms with Crippen molar-refractivity contribution in [3.05, 3.63) is 39.4 Å². The molecule has 0 saturated carbocycles. The van der Waals surface area contributed by atoms with Gasteiger partial charge in [-0.25, -0.2) is 4.79 Å². The van der Waals surface area contributed by atoms with E-state index in [2.05, 4.69) is 15.9 Å². The van der Waals surface area contributed by atoms with Gasteiger partial charge in [-0.3, -0.25) is 10.1 Å². The Hall–Kier alpha value is -1.43. The van der Waals surface area contributed by atoms with Crippen molar-refractivity contribution < 1.29 is 14.8 Å². The van der Waals surface area contributed by atoms with Crippen LogP contribution in [0.1, 0.15) is 15.9 Å². The van der Waals surface area contributed by atoms with E-state index in [0.717, 1.165) is 0 Å². The number of rotatable bonds is 3. The average Bonchev–Trinajstić information content (AvgIpc) is 2.16. The van der Waals surface area contributed by atoms with Crippen molar-refractivity contribution >= 4 is 27.6 Å². The van der Waals surface area contributed by atoms with Crippen LogP contribution in [0.15, 0.2) is 18.2 Å². The summed E-state index contributed by atoms with van der Waals surface area (Å²) in [5, 5.41) is 19.6. The number of halogens is 1. The van der Waals surface area contributed by atoms with Gasteiger partial charge in [0.15, 0.2) is 0 Å². The van der Waals surface area contributed by atoms with Crippen LogP contribution in [-0.4, -0.2) is 16.0 Å². The fourth-order valence-corrected chi connectivity index (χ4v) is 1.35. The average molecular weight is 260 g/mol. The summed E-state index contributed by atoms with van der Waals surface area (Å²) in [5.74, 6) is -1.29. The molecule has 0 bridgehead atoms. The van der Waals surface area contributed by atoms with Gasteiger partial charge in [0, 0.05) is 11.4 Å². The zero-order valence-corrected chi connectivity index (χ0v) is 8.52. The van der Waals surface area contributed by atoms with E-state index in [-0.39, 0.29) is 11.3 Å². The second-order valence-electron chi connectivity index (χ2n) is 2.55. The first-order chi connectivity index (χ1) is 6.56. The monoisotopic (exact) mass is 259 g/mol. The molecule has 6 heteroatoms. The Kier molecular flexibility index (Phi) is 3.19. The molecule has 0 amide bonds. The summed E-state index contributed by atoms with van der Waals surface area (Å²) >= 11 is 3.14. The number of aromatic carboxylic acids is 1. The highest BCUT2D eigenvalue weighted by molar-refractivity contribution is 9.08. The molecule has 0 unspecified atom stereocenters. The van der Waals surface area contributed by atoms with Crippen molar-refractivity contribution in [3.63, 3.8) is 0 Å². The zero-order chi connectivity index (χ0) is 10.7. The van der Waals surface area contributed by atoms with Gasteiger partial charge in [0.05, 0.1) is 4.92 Å². The summed E-state index contributed by atoms with van der Waals surface area (Å²) in [6.45, 7) is 0. The van der Waals surface area contributed by atoms with Crippen LogP contribution in [0.2, 0.25) is 0 Å². The van der Waals surface area contributed by atoms with E-state index in [1.54, 1.807) is 0 Å². The lowest BCUT2D eigenvalue weighted by Gasteiger charge is -1.99. The number of hydrogen-bond acceptors (Lipinski definition) is 3. The molecule has 0 spiro atoms. The Morgan fingerprint density at radius 2 is 2.21 bits per heavy atom. The molecule has 0 atom stereocenters. The molecule has 1 rings (SSSR count). The van der Waals surface area contributed by atoms with E-state index in [4.69, 9.17) is 5.11 Å². The van der Waals surface area contributed by atoms with Crippen LogP contribution in [0, 0.1) is 10.1 Å². The second-order valence-corrected chi connectivity index (χ2v) is 3.11. The molecule has 0 aromatic heterocycles. The van der Waals surface area contributed by atoms with Crippen LogP contribution in [-0.2, 0) is 5.33 Å². The molecular weight excluding hydrogens is 254 g/mol. The largest absolute Gasteiger partial charge is 0.477 e. The van der Waals surface area contributed by atoms with E-state index in [1.807, 2.05) is 0 Å². The predicted molar refractivity (Wildman–Crippen MR) is 52.7 cm³/mol. The third-order valence-electron chi connectivity index (χ3n) is 1.64. The molecule has 0 fully saturated rings. The lowest BCUT2D eigenvalue weighted by Crippen LogP contribution is -2.03. The molecule has 0 heterocycles. The van der Waals surface area contributed by atoms with Gasteiger partial charge in [-0.1, -0.05) is 22.0 Å². The smallest absolute Gasteiger partial charge is 0.342 e. The van der Waals surface area contributed by atoms with Crippen LogP contribution in [0.5, 0.6) is 0 Å². The maximum Gasteiger partial charge on any atom is 0.342 e. The Labute approximate surface area is 87.6 Å². The van der Waals surface area contributed by atoms with Crippen molar-refractivity contribution in [2.45, 2.75) is 5.33 Å². The van der Waals surface area contributed by atoms with Crippen LogP contribution in [0.4, 0.5) is 5.69 Å². The molecule has 74 valence electrons. The van der Waals surface area contributed by atoms with Gasteiger partial charge < -0.3 is 5.11 Å². The van der Waals surface area contributed by atoms with Gasteiger partial charge >= 0.3 is 5.97 Å². The van der Waals surface area contributed by atoms with Crippen LogP contribution in [0.25, 0.3) is 0 Å². The van der Waals surface area contributed by atoms with E-state index >= 15 is 0 Å². The molecule has 0 aliphatic heterocycles. The molecule has 1 aromatic rings. The number of nitro benzene ring substituents is 1. The topological polar surface area (TPSA) is 80.4 Å². The summed E-state index contributed by atoms with van der Waals surface area (Å²) in [7, 11) is 0.